The summed E-state index contributed by atoms with van der Waals surface area (Å²) in [6.45, 7) is 0. The highest BCUT2D eigenvalue weighted by atomic mass is 35.5. The normalized spacial score (nSPS) is 11.0. The van der Waals surface area contributed by atoms with Gasteiger partial charge in [-0.1, -0.05) is 12.1 Å². The van der Waals surface area contributed by atoms with Crippen LogP contribution in [0.5, 0.6) is 0 Å². The SMILES string of the molecule is Cl.Nc1ccc(-c2cc(C(F)(F)F)[nH]n2)cc1. The smallest absolute Gasteiger partial charge is 0.399 e. The molecule has 17 heavy (non-hydrogen) atoms. The maximum Gasteiger partial charge on any atom is 0.432 e. The number of aromatic amines is 1. The summed E-state index contributed by atoms with van der Waals surface area (Å²) in [4.78, 5) is 0. The molecule has 0 saturated carbocycles. The van der Waals surface area contributed by atoms with Crippen molar-refractivity contribution in [3.05, 3.63) is 36.0 Å². The summed E-state index contributed by atoms with van der Waals surface area (Å²) in [5.41, 5.74) is 5.99. The fourth-order valence-corrected chi connectivity index (χ4v) is 1.27. The van der Waals surface area contributed by atoms with Crippen molar-refractivity contribution in [2.45, 2.75) is 6.18 Å². The van der Waals surface area contributed by atoms with E-state index in [-0.39, 0.29) is 18.1 Å². The van der Waals surface area contributed by atoms with Gasteiger partial charge in [-0.15, -0.1) is 12.4 Å². The largest absolute Gasteiger partial charge is 0.432 e. The number of nitrogens with zero attached hydrogens (tertiary/aromatic N) is 1. The van der Waals surface area contributed by atoms with Crippen molar-refractivity contribution in [3.8, 4) is 11.3 Å². The van der Waals surface area contributed by atoms with Crippen LogP contribution in [0.25, 0.3) is 11.3 Å². The van der Waals surface area contributed by atoms with Gasteiger partial charge in [0.2, 0.25) is 0 Å². The van der Waals surface area contributed by atoms with E-state index in [1.807, 2.05) is 5.10 Å². The van der Waals surface area contributed by atoms with Gasteiger partial charge in [0.25, 0.3) is 0 Å². The molecule has 1 heterocycles. The summed E-state index contributed by atoms with van der Waals surface area (Å²) < 4.78 is 36.9. The molecule has 3 nitrogen and oxygen atoms in total. The molecule has 0 spiro atoms. The molecule has 0 aliphatic heterocycles. The van der Waals surface area contributed by atoms with Crippen molar-refractivity contribution in [3.63, 3.8) is 0 Å². The van der Waals surface area contributed by atoms with E-state index in [2.05, 4.69) is 5.10 Å². The Labute approximate surface area is 101 Å². The number of nitrogen functional groups attached to an aromatic ring is 1. The molecule has 0 saturated heterocycles. The Bertz CT molecular complexity index is 490. The number of hydrogen-bond acceptors (Lipinski definition) is 2. The van der Waals surface area contributed by atoms with Crippen LogP contribution in [-0.4, -0.2) is 10.2 Å². The van der Waals surface area contributed by atoms with E-state index >= 15 is 0 Å². The quantitative estimate of drug-likeness (QED) is 0.777. The molecule has 1 aromatic carbocycles. The Balaban J connectivity index is 0.00000144. The van der Waals surface area contributed by atoms with Crippen LogP contribution < -0.4 is 5.73 Å². The first-order chi connectivity index (χ1) is 7.47. The molecule has 92 valence electrons. The summed E-state index contributed by atoms with van der Waals surface area (Å²) in [6.07, 6.45) is -4.40. The highest BCUT2D eigenvalue weighted by molar-refractivity contribution is 5.85. The van der Waals surface area contributed by atoms with Gasteiger partial charge in [-0.2, -0.15) is 18.3 Å². The van der Waals surface area contributed by atoms with Gasteiger partial charge in [-0.25, -0.2) is 0 Å². The average Bonchev–Trinajstić information content (AvgIpc) is 2.67. The highest BCUT2D eigenvalue weighted by Crippen LogP contribution is 2.30. The number of alkyl halides is 3. The van der Waals surface area contributed by atoms with Gasteiger partial charge < -0.3 is 5.73 Å². The summed E-state index contributed by atoms with van der Waals surface area (Å²) in [5.74, 6) is 0. The Hall–Kier alpha value is -1.69. The number of anilines is 1. The predicted molar refractivity (Wildman–Crippen MR) is 60.7 cm³/mol. The van der Waals surface area contributed by atoms with Crippen LogP contribution >= 0.6 is 12.4 Å². The first-order valence-corrected chi connectivity index (χ1v) is 4.45. The number of rotatable bonds is 1. The second-order valence-corrected chi connectivity index (χ2v) is 3.29. The second kappa shape index (κ2) is 4.67. The van der Waals surface area contributed by atoms with Crippen molar-refractivity contribution in [1.82, 2.24) is 10.2 Å². The van der Waals surface area contributed by atoms with E-state index in [0.29, 0.717) is 11.3 Å². The van der Waals surface area contributed by atoms with Crippen LogP contribution in [0, 0.1) is 0 Å². The zero-order valence-corrected chi connectivity index (χ0v) is 9.27. The molecule has 0 atom stereocenters. The molecule has 0 fully saturated rings. The van der Waals surface area contributed by atoms with Crippen LogP contribution in [0.2, 0.25) is 0 Å². The van der Waals surface area contributed by atoms with Crippen LogP contribution in [0.4, 0.5) is 18.9 Å². The molecule has 0 aliphatic carbocycles. The van der Waals surface area contributed by atoms with Crippen molar-refractivity contribution < 1.29 is 13.2 Å². The Morgan fingerprint density at radius 1 is 1.12 bits per heavy atom. The van der Waals surface area contributed by atoms with Crippen LogP contribution in [0.1, 0.15) is 5.69 Å². The molecule has 7 heteroatoms. The fraction of sp³-hybridized carbons (Fsp3) is 0.100. The molecule has 2 rings (SSSR count). The van der Waals surface area contributed by atoms with Gasteiger partial charge in [-0.3, -0.25) is 5.10 Å². The van der Waals surface area contributed by atoms with E-state index in [0.717, 1.165) is 6.07 Å². The monoisotopic (exact) mass is 263 g/mol. The molecule has 0 bridgehead atoms. The predicted octanol–water partition coefficient (Wildman–Crippen LogP) is 3.10. The van der Waals surface area contributed by atoms with Gasteiger partial charge in [0.1, 0.15) is 5.69 Å². The topological polar surface area (TPSA) is 54.7 Å². The summed E-state index contributed by atoms with van der Waals surface area (Å²) in [5, 5.41) is 5.55. The van der Waals surface area contributed by atoms with E-state index in [1.54, 1.807) is 24.3 Å². The molecule has 2 aromatic rings. The minimum atomic E-state index is -4.40. The lowest BCUT2D eigenvalue weighted by Gasteiger charge is -2.00. The molecule has 0 radical (unpaired) electrons. The van der Waals surface area contributed by atoms with Gasteiger partial charge >= 0.3 is 6.18 Å². The molecule has 3 N–H and O–H groups in total. The number of H-pyrrole nitrogens is 1. The lowest BCUT2D eigenvalue weighted by atomic mass is 10.1. The third-order valence-electron chi connectivity index (χ3n) is 2.09. The van der Waals surface area contributed by atoms with Crippen molar-refractivity contribution in [1.29, 1.82) is 0 Å². The Kier molecular flexibility index (Phi) is 3.67. The van der Waals surface area contributed by atoms with E-state index in [9.17, 15) is 13.2 Å². The fourth-order valence-electron chi connectivity index (χ4n) is 1.27. The maximum atomic E-state index is 12.3. The summed E-state index contributed by atoms with van der Waals surface area (Å²) >= 11 is 0. The summed E-state index contributed by atoms with van der Waals surface area (Å²) in [6, 6.07) is 7.41. The third kappa shape index (κ3) is 2.91. The van der Waals surface area contributed by atoms with Crippen molar-refractivity contribution in [2.24, 2.45) is 0 Å². The standard InChI is InChI=1S/C10H8F3N3.ClH/c11-10(12,13)9-5-8(15-16-9)6-1-3-7(14)4-2-6;/h1-5H,14H2,(H,15,16);1H. The average molecular weight is 264 g/mol. The Morgan fingerprint density at radius 2 is 1.71 bits per heavy atom. The molecule has 0 aliphatic rings. The minimum Gasteiger partial charge on any atom is -0.399 e. The molecular weight excluding hydrogens is 255 g/mol. The highest BCUT2D eigenvalue weighted by Gasteiger charge is 2.33. The number of aromatic nitrogens is 2. The number of nitrogens with two attached hydrogens (primary N) is 1. The van der Waals surface area contributed by atoms with Crippen molar-refractivity contribution >= 4 is 18.1 Å². The first-order valence-electron chi connectivity index (χ1n) is 4.45. The van der Waals surface area contributed by atoms with Crippen LogP contribution in [-0.2, 0) is 6.18 Å². The lowest BCUT2D eigenvalue weighted by molar-refractivity contribution is -0.141. The van der Waals surface area contributed by atoms with Crippen LogP contribution in [0.15, 0.2) is 30.3 Å². The van der Waals surface area contributed by atoms with E-state index < -0.39 is 11.9 Å². The van der Waals surface area contributed by atoms with Gasteiger partial charge in [-0.05, 0) is 18.2 Å². The van der Waals surface area contributed by atoms with Gasteiger partial charge in [0, 0.05) is 11.3 Å². The zero-order chi connectivity index (χ0) is 11.8. The number of nitrogens with one attached hydrogen (secondary N) is 1. The maximum absolute atomic E-state index is 12.3. The molecule has 0 amide bonds. The van der Waals surface area contributed by atoms with Crippen molar-refractivity contribution in [2.75, 3.05) is 5.73 Å². The van der Waals surface area contributed by atoms with E-state index in [4.69, 9.17) is 5.73 Å². The number of hydrogen-bond donors (Lipinski definition) is 2. The molecule has 0 unspecified atom stereocenters. The summed E-state index contributed by atoms with van der Waals surface area (Å²) in [7, 11) is 0. The number of halogens is 4. The van der Waals surface area contributed by atoms with E-state index in [1.165, 1.54) is 0 Å². The zero-order valence-electron chi connectivity index (χ0n) is 8.45. The van der Waals surface area contributed by atoms with Crippen LogP contribution in [0.3, 0.4) is 0 Å². The number of benzene rings is 1. The second-order valence-electron chi connectivity index (χ2n) is 3.29. The Morgan fingerprint density at radius 3 is 2.18 bits per heavy atom. The third-order valence-corrected chi connectivity index (χ3v) is 2.09. The molecule has 1 aromatic heterocycles. The van der Waals surface area contributed by atoms with Gasteiger partial charge in [0.15, 0.2) is 0 Å². The molecular formula is C10H9ClF3N3. The lowest BCUT2D eigenvalue weighted by Crippen LogP contribution is -2.04. The first kappa shape index (κ1) is 13.4. The minimum absolute atomic E-state index is 0. The van der Waals surface area contributed by atoms with Gasteiger partial charge in [0.05, 0.1) is 5.69 Å².